The van der Waals surface area contributed by atoms with Crippen LogP contribution in [0.3, 0.4) is 0 Å². The Morgan fingerprint density at radius 1 is 1.12 bits per heavy atom. The largest absolute Gasteiger partial charge is 0.461 e. The molecule has 0 aliphatic carbocycles. The molecule has 5 heteroatoms. The minimum Gasteiger partial charge on any atom is -0.461 e. The molecule has 1 atom stereocenters. The van der Waals surface area contributed by atoms with Crippen LogP contribution in [-0.4, -0.2) is 11.9 Å². The average molecular weight is 322 g/mol. The first-order valence-corrected chi connectivity index (χ1v) is 7.55. The number of amides is 1. The van der Waals surface area contributed by atoms with Crippen LogP contribution in [-0.2, 0) is 20.9 Å². The highest BCUT2D eigenvalue weighted by Gasteiger charge is 2.17. The highest BCUT2D eigenvalue weighted by Crippen LogP contribution is 2.17. The maximum absolute atomic E-state index is 12.1. The van der Waals surface area contributed by atoms with Crippen LogP contribution >= 0.6 is 0 Å². The lowest BCUT2D eigenvalue weighted by atomic mass is 10.0. The Morgan fingerprint density at radius 2 is 1.79 bits per heavy atom. The van der Waals surface area contributed by atoms with E-state index in [1.165, 1.54) is 6.92 Å². The van der Waals surface area contributed by atoms with E-state index >= 15 is 0 Å². The molecule has 2 aromatic rings. The molecule has 0 saturated carbocycles. The maximum atomic E-state index is 12.1. The Labute approximate surface area is 140 Å². The molecule has 0 bridgehead atoms. The van der Waals surface area contributed by atoms with Crippen molar-refractivity contribution >= 4 is 11.9 Å². The van der Waals surface area contributed by atoms with Crippen molar-refractivity contribution in [3.05, 3.63) is 71.3 Å². The zero-order chi connectivity index (χ0) is 17.4. The number of hydrogen-bond acceptors (Lipinski definition) is 4. The highest BCUT2D eigenvalue weighted by atomic mass is 16.5. The summed E-state index contributed by atoms with van der Waals surface area (Å²) >= 11 is 0. The second kappa shape index (κ2) is 8.49. The van der Waals surface area contributed by atoms with Crippen LogP contribution in [0.5, 0.6) is 0 Å². The first kappa shape index (κ1) is 17.2. The second-order valence-electron chi connectivity index (χ2n) is 5.34. The summed E-state index contributed by atoms with van der Waals surface area (Å²) in [4.78, 5) is 23.4. The van der Waals surface area contributed by atoms with Gasteiger partial charge in [0, 0.05) is 6.92 Å². The molecular weight excluding hydrogens is 304 g/mol. The van der Waals surface area contributed by atoms with Crippen LogP contribution in [0.25, 0.3) is 0 Å². The van der Waals surface area contributed by atoms with Crippen molar-refractivity contribution < 1.29 is 14.3 Å². The number of esters is 1. The molecule has 0 aromatic heterocycles. The van der Waals surface area contributed by atoms with Crippen LogP contribution in [0.2, 0.25) is 0 Å². The van der Waals surface area contributed by atoms with Crippen LogP contribution < -0.4 is 5.32 Å². The van der Waals surface area contributed by atoms with Gasteiger partial charge in [-0.1, -0.05) is 42.5 Å². The minimum atomic E-state index is -0.419. The van der Waals surface area contributed by atoms with E-state index in [1.54, 1.807) is 24.3 Å². The van der Waals surface area contributed by atoms with E-state index in [-0.39, 0.29) is 18.9 Å². The van der Waals surface area contributed by atoms with Crippen LogP contribution in [0, 0.1) is 11.3 Å². The van der Waals surface area contributed by atoms with E-state index in [2.05, 4.69) is 5.32 Å². The summed E-state index contributed by atoms with van der Waals surface area (Å²) in [5.74, 6) is -0.606. The van der Waals surface area contributed by atoms with Crippen molar-refractivity contribution in [2.24, 2.45) is 0 Å². The highest BCUT2D eigenvalue weighted by molar-refractivity contribution is 5.76. The molecule has 0 heterocycles. The standard InChI is InChI=1S/C19H18N2O3/c1-14(22)21-18(17-5-3-2-4-6-17)11-19(23)24-13-16-9-7-15(12-20)8-10-16/h2-10,18H,11,13H2,1H3,(H,21,22)/t18-/m1/s1. The van der Waals surface area contributed by atoms with Crippen molar-refractivity contribution in [2.45, 2.75) is 26.0 Å². The van der Waals surface area contributed by atoms with Crippen molar-refractivity contribution in [2.75, 3.05) is 0 Å². The predicted octanol–water partition coefficient (Wildman–Crippen LogP) is 2.87. The van der Waals surface area contributed by atoms with Crippen molar-refractivity contribution in [3.63, 3.8) is 0 Å². The molecule has 24 heavy (non-hydrogen) atoms. The first-order chi connectivity index (χ1) is 11.6. The number of ether oxygens (including phenoxy) is 1. The Balaban J connectivity index is 1.94. The van der Waals surface area contributed by atoms with Gasteiger partial charge in [0.05, 0.1) is 24.1 Å². The van der Waals surface area contributed by atoms with E-state index in [0.717, 1.165) is 11.1 Å². The maximum Gasteiger partial charge on any atom is 0.308 e. The summed E-state index contributed by atoms with van der Waals surface area (Å²) in [5, 5.41) is 11.5. The van der Waals surface area contributed by atoms with E-state index in [4.69, 9.17) is 10.00 Å². The van der Waals surface area contributed by atoms with Gasteiger partial charge in [0.2, 0.25) is 5.91 Å². The van der Waals surface area contributed by atoms with Crippen molar-refractivity contribution in [3.8, 4) is 6.07 Å². The van der Waals surface area contributed by atoms with E-state index in [9.17, 15) is 9.59 Å². The fraction of sp³-hybridized carbons (Fsp3) is 0.211. The Hall–Kier alpha value is -3.13. The normalized spacial score (nSPS) is 11.2. The molecule has 1 N–H and O–H groups in total. The second-order valence-corrected chi connectivity index (χ2v) is 5.34. The fourth-order valence-corrected chi connectivity index (χ4v) is 2.25. The lowest BCUT2D eigenvalue weighted by Crippen LogP contribution is -2.28. The lowest BCUT2D eigenvalue weighted by Gasteiger charge is -2.17. The number of hydrogen-bond donors (Lipinski definition) is 1. The number of carbonyl (C=O) groups is 2. The molecule has 0 spiro atoms. The summed E-state index contributed by atoms with van der Waals surface area (Å²) in [6.45, 7) is 1.55. The fourth-order valence-electron chi connectivity index (χ4n) is 2.25. The zero-order valence-electron chi connectivity index (χ0n) is 13.4. The van der Waals surface area contributed by atoms with E-state index in [0.29, 0.717) is 5.56 Å². The number of carbonyl (C=O) groups excluding carboxylic acids is 2. The molecule has 0 aliphatic heterocycles. The summed E-state index contributed by atoms with van der Waals surface area (Å²) in [5.41, 5.74) is 2.21. The van der Waals surface area contributed by atoms with Gasteiger partial charge in [0.25, 0.3) is 0 Å². The van der Waals surface area contributed by atoms with E-state index in [1.807, 2.05) is 36.4 Å². The molecule has 0 fully saturated rings. The molecule has 0 radical (unpaired) electrons. The number of nitrogens with one attached hydrogen (secondary N) is 1. The monoisotopic (exact) mass is 322 g/mol. The average Bonchev–Trinajstić information content (AvgIpc) is 2.60. The van der Waals surface area contributed by atoms with Crippen molar-refractivity contribution in [1.29, 1.82) is 5.26 Å². The number of benzene rings is 2. The van der Waals surface area contributed by atoms with Gasteiger partial charge < -0.3 is 10.1 Å². The van der Waals surface area contributed by atoms with Crippen LogP contribution in [0.1, 0.15) is 36.1 Å². The smallest absolute Gasteiger partial charge is 0.308 e. The molecule has 1 amide bonds. The number of nitrogens with zero attached hydrogens (tertiary/aromatic N) is 1. The molecule has 2 rings (SSSR count). The third kappa shape index (κ3) is 5.25. The Bertz CT molecular complexity index is 733. The summed E-state index contributed by atoms with van der Waals surface area (Å²) in [6, 6.07) is 17.7. The lowest BCUT2D eigenvalue weighted by molar-refractivity contribution is -0.145. The molecule has 5 nitrogen and oxygen atoms in total. The SMILES string of the molecule is CC(=O)N[C@H](CC(=O)OCc1ccc(C#N)cc1)c1ccccc1. The molecule has 0 saturated heterocycles. The van der Waals surface area contributed by atoms with Gasteiger partial charge in [-0.25, -0.2) is 0 Å². The van der Waals surface area contributed by atoms with Gasteiger partial charge in [-0.3, -0.25) is 9.59 Å². The Morgan fingerprint density at radius 3 is 2.38 bits per heavy atom. The van der Waals surface area contributed by atoms with Gasteiger partial charge in [-0.2, -0.15) is 5.26 Å². The van der Waals surface area contributed by atoms with Crippen LogP contribution in [0.15, 0.2) is 54.6 Å². The summed E-state index contributed by atoms with van der Waals surface area (Å²) < 4.78 is 5.26. The minimum absolute atomic E-state index is 0.0554. The van der Waals surface area contributed by atoms with Gasteiger partial charge in [0.15, 0.2) is 0 Å². The molecule has 0 aliphatic rings. The summed E-state index contributed by atoms with van der Waals surface area (Å²) in [7, 11) is 0. The van der Waals surface area contributed by atoms with Crippen molar-refractivity contribution in [1.82, 2.24) is 5.32 Å². The summed E-state index contributed by atoms with van der Waals surface area (Å²) in [6.07, 6.45) is 0.0554. The predicted molar refractivity (Wildman–Crippen MR) is 88.6 cm³/mol. The molecule has 2 aromatic carbocycles. The number of rotatable bonds is 6. The third-order valence-corrected chi connectivity index (χ3v) is 3.43. The van der Waals surface area contributed by atoms with Gasteiger partial charge >= 0.3 is 5.97 Å². The topological polar surface area (TPSA) is 79.2 Å². The molecular formula is C19H18N2O3. The third-order valence-electron chi connectivity index (χ3n) is 3.43. The van der Waals surface area contributed by atoms with Crippen LogP contribution in [0.4, 0.5) is 0 Å². The van der Waals surface area contributed by atoms with Gasteiger partial charge in [-0.15, -0.1) is 0 Å². The quantitative estimate of drug-likeness (QED) is 0.829. The van der Waals surface area contributed by atoms with E-state index < -0.39 is 12.0 Å². The van der Waals surface area contributed by atoms with Gasteiger partial charge in [-0.05, 0) is 23.3 Å². The Kier molecular flexibility index (Phi) is 6.09. The first-order valence-electron chi connectivity index (χ1n) is 7.55. The molecule has 0 unspecified atom stereocenters. The molecule has 122 valence electrons. The number of nitriles is 1. The van der Waals surface area contributed by atoms with Gasteiger partial charge in [0.1, 0.15) is 6.61 Å². The zero-order valence-corrected chi connectivity index (χ0v) is 13.4.